The number of amides is 1. The smallest absolute Gasteiger partial charge is 0.241 e. The zero-order valence-electron chi connectivity index (χ0n) is 21.4. The van der Waals surface area contributed by atoms with Crippen molar-refractivity contribution in [1.29, 1.82) is 0 Å². The van der Waals surface area contributed by atoms with Crippen LogP contribution in [0.2, 0.25) is 0 Å². The topological polar surface area (TPSA) is 83.4 Å². The van der Waals surface area contributed by atoms with Crippen molar-refractivity contribution in [3.8, 4) is 11.5 Å². The van der Waals surface area contributed by atoms with Gasteiger partial charge < -0.3 is 19.9 Å². The molecule has 2 aliphatic rings. The molecule has 1 saturated carbocycles. The zero-order chi connectivity index (χ0) is 25.1. The lowest BCUT2D eigenvalue weighted by atomic mass is 9.74. The van der Waals surface area contributed by atoms with Gasteiger partial charge >= 0.3 is 0 Å². The van der Waals surface area contributed by atoms with E-state index in [1.165, 1.54) is 0 Å². The Morgan fingerprint density at radius 2 is 1.91 bits per heavy atom. The minimum absolute atomic E-state index is 0.0117. The highest BCUT2D eigenvalue weighted by Gasteiger charge is 2.37. The lowest BCUT2D eigenvalue weighted by Crippen LogP contribution is -2.39. The predicted octanol–water partition coefficient (Wildman–Crippen LogP) is 4.22. The van der Waals surface area contributed by atoms with E-state index in [1.807, 2.05) is 63.2 Å². The summed E-state index contributed by atoms with van der Waals surface area (Å²) in [6, 6.07) is 11.9. The SMILES string of the molecule is CCOc1cc2c(cc1OC)C(c1ccc(NC(=O)C(CC)N(C)C)cc1)=NC1CCC(O)CC21. The maximum Gasteiger partial charge on any atom is 0.241 e. The van der Waals surface area contributed by atoms with Gasteiger partial charge in [-0.05, 0) is 76.5 Å². The molecule has 1 amide bonds. The van der Waals surface area contributed by atoms with Gasteiger partial charge in [0.25, 0.3) is 0 Å². The minimum atomic E-state index is -0.310. The van der Waals surface area contributed by atoms with Gasteiger partial charge in [-0.2, -0.15) is 0 Å². The number of aliphatic hydroxyl groups excluding tert-OH is 1. The van der Waals surface area contributed by atoms with Gasteiger partial charge in [0.05, 0.1) is 37.6 Å². The number of ether oxygens (including phenoxy) is 2. The lowest BCUT2D eigenvalue weighted by molar-refractivity contribution is -0.120. The van der Waals surface area contributed by atoms with Crippen LogP contribution in [0.4, 0.5) is 5.69 Å². The summed E-state index contributed by atoms with van der Waals surface area (Å²) in [6.45, 7) is 4.52. The van der Waals surface area contributed by atoms with Crippen molar-refractivity contribution in [2.45, 2.75) is 63.6 Å². The second kappa shape index (κ2) is 10.8. The number of carbonyl (C=O) groups is 1. The Morgan fingerprint density at radius 3 is 2.54 bits per heavy atom. The maximum atomic E-state index is 12.7. The molecule has 188 valence electrons. The predicted molar refractivity (Wildman–Crippen MR) is 139 cm³/mol. The number of nitrogens with zero attached hydrogens (tertiary/aromatic N) is 2. The van der Waals surface area contributed by atoms with Gasteiger partial charge in [-0.15, -0.1) is 0 Å². The third kappa shape index (κ3) is 5.21. The Hall–Kier alpha value is -2.90. The van der Waals surface area contributed by atoms with Crippen molar-refractivity contribution >= 4 is 17.3 Å². The summed E-state index contributed by atoms with van der Waals surface area (Å²) >= 11 is 0. The lowest BCUT2D eigenvalue weighted by Gasteiger charge is -2.37. The van der Waals surface area contributed by atoms with E-state index < -0.39 is 0 Å². The summed E-state index contributed by atoms with van der Waals surface area (Å²) < 4.78 is 11.5. The average Bonchev–Trinajstić information content (AvgIpc) is 2.84. The highest BCUT2D eigenvalue weighted by Crippen LogP contribution is 2.45. The number of aliphatic imine (C=N–C) groups is 1. The molecule has 7 nitrogen and oxygen atoms in total. The molecule has 4 atom stereocenters. The Morgan fingerprint density at radius 1 is 1.17 bits per heavy atom. The number of hydrogen-bond donors (Lipinski definition) is 2. The highest BCUT2D eigenvalue weighted by atomic mass is 16.5. The summed E-state index contributed by atoms with van der Waals surface area (Å²) in [4.78, 5) is 19.8. The molecule has 0 bridgehead atoms. The summed E-state index contributed by atoms with van der Waals surface area (Å²) in [7, 11) is 5.47. The average molecular weight is 480 g/mol. The molecule has 0 spiro atoms. The number of likely N-dealkylation sites (N-methyl/N-ethyl adjacent to an activating group) is 1. The van der Waals surface area contributed by atoms with Crippen LogP contribution in [0.5, 0.6) is 11.5 Å². The van der Waals surface area contributed by atoms with E-state index >= 15 is 0 Å². The third-order valence-electron chi connectivity index (χ3n) is 7.11. The summed E-state index contributed by atoms with van der Waals surface area (Å²) in [6.07, 6.45) is 2.74. The molecular formula is C28H37N3O4. The van der Waals surface area contributed by atoms with E-state index in [9.17, 15) is 9.90 Å². The molecule has 0 saturated heterocycles. The van der Waals surface area contributed by atoms with E-state index in [0.717, 1.165) is 53.1 Å². The molecule has 0 radical (unpaired) electrons. The maximum absolute atomic E-state index is 12.7. The highest BCUT2D eigenvalue weighted by molar-refractivity contribution is 6.15. The standard InChI is InChI=1S/C28H37N3O4/c1-6-24(31(3)4)28(33)29-18-10-8-17(9-11-18)27-22-16-25(34-5)26(35-7-2)15-20(22)21-14-19(32)12-13-23(21)30-27/h8-11,15-16,19,21,23-24,32H,6-7,12-14H2,1-5H3,(H,29,33). The molecule has 2 aromatic carbocycles. The van der Waals surface area contributed by atoms with Crippen LogP contribution < -0.4 is 14.8 Å². The molecule has 0 aromatic heterocycles. The number of benzene rings is 2. The van der Waals surface area contributed by atoms with Gasteiger partial charge in [0.1, 0.15) is 0 Å². The van der Waals surface area contributed by atoms with Crippen LogP contribution in [0.1, 0.15) is 62.1 Å². The molecule has 1 aliphatic carbocycles. The fourth-order valence-electron chi connectivity index (χ4n) is 5.32. The van der Waals surface area contributed by atoms with Gasteiger partial charge in [-0.1, -0.05) is 19.1 Å². The van der Waals surface area contributed by atoms with Crippen LogP contribution in [0.15, 0.2) is 41.4 Å². The molecule has 35 heavy (non-hydrogen) atoms. The summed E-state index contributed by atoms with van der Waals surface area (Å²) in [5, 5.41) is 13.4. The van der Waals surface area contributed by atoms with Gasteiger partial charge in [0, 0.05) is 22.7 Å². The molecule has 1 fully saturated rings. The first-order valence-electron chi connectivity index (χ1n) is 12.5. The van der Waals surface area contributed by atoms with Crippen LogP contribution in [-0.2, 0) is 4.79 Å². The van der Waals surface area contributed by atoms with E-state index in [0.29, 0.717) is 18.8 Å². The second-order valence-electron chi connectivity index (χ2n) is 9.60. The fraction of sp³-hybridized carbons (Fsp3) is 0.500. The number of carbonyl (C=O) groups excluding carboxylic acids is 1. The largest absolute Gasteiger partial charge is 0.493 e. The molecule has 2 N–H and O–H groups in total. The van der Waals surface area contributed by atoms with Gasteiger partial charge in [-0.25, -0.2) is 0 Å². The summed E-state index contributed by atoms with van der Waals surface area (Å²) in [5.74, 6) is 1.53. The summed E-state index contributed by atoms with van der Waals surface area (Å²) in [5.41, 5.74) is 4.82. The minimum Gasteiger partial charge on any atom is -0.493 e. The van der Waals surface area contributed by atoms with Crippen molar-refractivity contribution in [1.82, 2.24) is 4.90 Å². The van der Waals surface area contributed by atoms with Crippen molar-refractivity contribution < 1.29 is 19.4 Å². The Bertz CT molecular complexity index is 1080. The fourth-order valence-corrected chi connectivity index (χ4v) is 5.32. The monoisotopic (exact) mass is 479 g/mol. The van der Waals surface area contributed by atoms with Crippen molar-refractivity contribution in [3.63, 3.8) is 0 Å². The molecular weight excluding hydrogens is 442 g/mol. The van der Waals surface area contributed by atoms with Crippen LogP contribution >= 0.6 is 0 Å². The molecule has 4 unspecified atom stereocenters. The van der Waals surface area contributed by atoms with E-state index in [-0.39, 0.29) is 30.0 Å². The quantitative estimate of drug-likeness (QED) is 0.592. The number of aliphatic hydroxyl groups is 1. The van der Waals surface area contributed by atoms with Gasteiger partial charge in [0.2, 0.25) is 5.91 Å². The zero-order valence-corrected chi connectivity index (χ0v) is 21.4. The molecule has 1 heterocycles. The van der Waals surface area contributed by atoms with Crippen molar-refractivity contribution in [3.05, 3.63) is 53.1 Å². The number of fused-ring (bicyclic) bond motifs is 3. The first-order valence-corrected chi connectivity index (χ1v) is 12.5. The second-order valence-corrected chi connectivity index (χ2v) is 9.60. The van der Waals surface area contributed by atoms with Crippen LogP contribution in [-0.4, -0.2) is 67.6 Å². The number of rotatable bonds is 8. The molecule has 7 heteroatoms. The van der Waals surface area contributed by atoms with E-state index in [4.69, 9.17) is 14.5 Å². The molecule has 4 rings (SSSR count). The van der Waals surface area contributed by atoms with E-state index in [1.54, 1.807) is 7.11 Å². The first-order chi connectivity index (χ1) is 16.9. The molecule has 1 aliphatic heterocycles. The first kappa shape index (κ1) is 25.2. The van der Waals surface area contributed by atoms with Crippen LogP contribution in [0.3, 0.4) is 0 Å². The van der Waals surface area contributed by atoms with Crippen LogP contribution in [0, 0.1) is 0 Å². The van der Waals surface area contributed by atoms with Gasteiger partial charge in [0.15, 0.2) is 11.5 Å². The number of nitrogens with one attached hydrogen (secondary N) is 1. The third-order valence-corrected chi connectivity index (χ3v) is 7.11. The van der Waals surface area contributed by atoms with Crippen molar-refractivity contribution in [2.24, 2.45) is 4.99 Å². The van der Waals surface area contributed by atoms with Crippen LogP contribution in [0.25, 0.3) is 0 Å². The number of hydrogen-bond acceptors (Lipinski definition) is 6. The van der Waals surface area contributed by atoms with Gasteiger partial charge in [-0.3, -0.25) is 14.7 Å². The Labute approximate surface area is 208 Å². The number of anilines is 1. The van der Waals surface area contributed by atoms with Crippen molar-refractivity contribution in [2.75, 3.05) is 33.1 Å². The Kier molecular flexibility index (Phi) is 7.77. The normalized spacial score (nSPS) is 22.0. The Balaban J connectivity index is 1.69. The molecule has 2 aromatic rings. The van der Waals surface area contributed by atoms with E-state index in [2.05, 4.69) is 11.4 Å². The number of methoxy groups -OCH3 is 1.